The van der Waals surface area contributed by atoms with E-state index in [-0.39, 0.29) is 23.4 Å². The molecular formula is C30H38N2O2. The van der Waals surface area contributed by atoms with Crippen molar-refractivity contribution >= 4 is 17.4 Å². The first-order chi connectivity index (χ1) is 16.2. The minimum atomic E-state index is -0.406. The molecule has 0 aromatic heterocycles. The lowest BCUT2D eigenvalue weighted by atomic mass is 9.79. The number of hydrogen-bond acceptors (Lipinski definition) is 2. The van der Waals surface area contributed by atoms with Crippen molar-refractivity contribution < 1.29 is 9.59 Å². The van der Waals surface area contributed by atoms with Gasteiger partial charge in [0.05, 0.1) is 6.04 Å². The highest BCUT2D eigenvalue weighted by atomic mass is 16.2. The Balaban J connectivity index is 2.10. The Labute approximate surface area is 204 Å². The minimum Gasteiger partial charge on any atom is -0.332 e. The first-order valence-corrected chi connectivity index (χ1v) is 12.4. The molecule has 2 aromatic carbocycles. The number of nitrogens with one attached hydrogen (secondary N) is 1. The van der Waals surface area contributed by atoms with Crippen LogP contribution in [0.1, 0.15) is 78.0 Å². The monoisotopic (exact) mass is 458 g/mol. The predicted octanol–water partition coefficient (Wildman–Crippen LogP) is 6.67. The number of nitrogens with zero attached hydrogens (tertiary/aromatic N) is 1. The Morgan fingerprint density at radius 2 is 1.44 bits per heavy atom. The zero-order chi connectivity index (χ0) is 24.9. The molecule has 4 nitrogen and oxygen atoms in total. The van der Waals surface area contributed by atoms with Crippen molar-refractivity contribution in [2.24, 2.45) is 5.41 Å². The molecule has 0 saturated carbocycles. The van der Waals surface area contributed by atoms with Crippen LogP contribution in [-0.4, -0.2) is 22.3 Å². The molecule has 2 amide bonds. The molecule has 0 spiro atoms. The van der Waals surface area contributed by atoms with Gasteiger partial charge in [-0.3, -0.25) is 9.59 Å². The fourth-order valence-electron chi connectivity index (χ4n) is 4.84. The van der Waals surface area contributed by atoms with Gasteiger partial charge in [0.2, 0.25) is 5.91 Å². The molecule has 4 heteroatoms. The molecule has 1 N–H and O–H groups in total. The van der Waals surface area contributed by atoms with Crippen LogP contribution in [0.4, 0.5) is 0 Å². The van der Waals surface area contributed by atoms with Crippen molar-refractivity contribution in [1.82, 2.24) is 10.2 Å². The highest BCUT2D eigenvalue weighted by Crippen LogP contribution is 2.41. The smallest absolute Gasteiger partial charge is 0.255 e. The van der Waals surface area contributed by atoms with Gasteiger partial charge in [0, 0.05) is 28.3 Å². The standard InChI is InChI=1S/C30H38N2O2/c1-7-30(8-2,9-3)28(34)31-21-25(22-16-12-10-13-17-22)24-20-26(23-18-14-11-15-19-23)32(27(24)33)29(4,5)6/h10-21,26H,7-9H2,1-6H3,(H,31,34)/b25-21-. The van der Waals surface area contributed by atoms with E-state index in [1.54, 1.807) is 6.20 Å². The average Bonchev–Trinajstić information content (AvgIpc) is 3.19. The van der Waals surface area contributed by atoms with Crippen LogP contribution in [0, 0.1) is 5.41 Å². The van der Waals surface area contributed by atoms with Crippen LogP contribution in [0.2, 0.25) is 0 Å². The summed E-state index contributed by atoms with van der Waals surface area (Å²) in [5.74, 6) is -0.0230. The molecule has 1 unspecified atom stereocenters. The Kier molecular flexibility index (Phi) is 7.81. The first-order valence-electron chi connectivity index (χ1n) is 12.4. The van der Waals surface area contributed by atoms with E-state index in [4.69, 9.17) is 0 Å². The summed E-state index contributed by atoms with van der Waals surface area (Å²) < 4.78 is 0. The van der Waals surface area contributed by atoms with E-state index in [0.29, 0.717) is 5.57 Å². The van der Waals surface area contributed by atoms with Gasteiger partial charge in [-0.25, -0.2) is 0 Å². The summed E-state index contributed by atoms with van der Waals surface area (Å²) in [7, 11) is 0. The lowest BCUT2D eigenvalue weighted by Crippen LogP contribution is -2.44. The molecule has 0 bridgehead atoms. The van der Waals surface area contributed by atoms with Crippen molar-refractivity contribution in [3.05, 3.63) is 89.6 Å². The van der Waals surface area contributed by atoms with Gasteiger partial charge < -0.3 is 10.2 Å². The van der Waals surface area contributed by atoms with E-state index in [2.05, 4.69) is 59.0 Å². The third-order valence-corrected chi connectivity index (χ3v) is 7.15. The van der Waals surface area contributed by atoms with Gasteiger partial charge >= 0.3 is 0 Å². The number of rotatable bonds is 8. The Bertz CT molecular complexity index is 1050. The molecule has 180 valence electrons. The zero-order valence-electron chi connectivity index (χ0n) is 21.4. The third kappa shape index (κ3) is 5.01. The molecule has 2 aromatic rings. The van der Waals surface area contributed by atoms with E-state index >= 15 is 0 Å². The quantitative estimate of drug-likeness (QED) is 0.480. The summed E-state index contributed by atoms with van der Waals surface area (Å²) >= 11 is 0. The Morgan fingerprint density at radius 3 is 1.94 bits per heavy atom. The summed E-state index contributed by atoms with van der Waals surface area (Å²) in [6.07, 6.45) is 6.10. The second kappa shape index (κ2) is 10.4. The summed E-state index contributed by atoms with van der Waals surface area (Å²) in [6.45, 7) is 12.4. The van der Waals surface area contributed by atoms with E-state index in [1.807, 2.05) is 59.5 Å². The van der Waals surface area contributed by atoms with Gasteiger partial charge in [-0.1, -0.05) is 81.4 Å². The number of carbonyl (C=O) groups excluding carboxylic acids is 2. The first kappa shape index (κ1) is 25.5. The van der Waals surface area contributed by atoms with Crippen LogP contribution < -0.4 is 5.32 Å². The summed E-state index contributed by atoms with van der Waals surface area (Å²) in [5, 5.41) is 3.07. The lowest BCUT2D eigenvalue weighted by Gasteiger charge is -2.37. The topological polar surface area (TPSA) is 49.4 Å². The van der Waals surface area contributed by atoms with Gasteiger partial charge in [0.1, 0.15) is 0 Å². The number of carbonyl (C=O) groups is 2. The molecular weight excluding hydrogens is 420 g/mol. The number of benzene rings is 2. The molecule has 1 aliphatic heterocycles. The van der Waals surface area contributed by atoms with Crippen LogP contribution in [-0.2, 0) is 9.59 Å². The van der Waals surface area contributed by atoms with E-state index < -0.39 is 5.41 Å². The molecule has 0 aliphatic carbocycles. The van der Waals surface area contributed by atoms with Gasteiger partial charge in [0.25, 0.3) is 5.91 Å². The maximum Gasteiger partial charge on any atom is 0.255 e. The highest BCUT2D eigenvalue weighted by molar-refractivity contribution is 6.11. The number of hydrogen-bond donors (Lipinski definition) is 1. The molecule has 0 fully saturated rings. The van der Waals surface area contributed by atoms with Gasteiger partial charge in [-0.15, -0.1) is 0 Å². The summed E-state index contributed by atoms with van der Waals surface area (Å²) in [5.41, 5.74) is 2.55. The second-order valence-electron chi connectivity index (χ2n) is 10.0. The molecule has 3 rings (SSSR count). The average molecular weight is 459 g/mol. The number of amides is 2. The molecule has 1 aliphatic rings. The molecule has 0 saturated heterocycles. The Hall–Kier alpha value is -3.14. The minimum absolute atomic E-state index is 0.00626. The normalized spacial score (nSPS) is 17.1. The van der Waals surface area contributed by atoms with E-state index in [0.717, 1.165) is 36.0 Å². The summed E-state index contributed by atoms with van der Waals surface area (Å²) in [6, 6.07) is 19.8. The highest BCUT2D eigenvalue weighted by Gasteiger charge is 2.41. The van der Waals surface area contributed by atoms with Gasteiger partial charge in [-0.2, -0.15) is 0 Å². The fourth-order valence-corrected chi connectivity index (χ4v) is 4.84. The largest absolute Gasteiger partial charge is 0.332 e. The summed E-state index contributed by atoms with van der Waals surface area (Å²) in [4.78, 5) is 29.0. The van der Waals surface area contributed by atoms with Gasteiger partial charge in [0.15, 0.2) is 0 Å². The maximum atomic E-state index is 13.9. The van der Waals surface area contributed by atoms with Crippen molar-refractivity contribution in [2.45, 2.75) is 72.4 Å². The molecule has 34 heavy (non-hydrogen) atoms. The van der Waals surface area contributed by atoms with Crippen molar-refractivity contribution in [2.75, 3.05) is 0 Å². The van der Waals surface area contributed by atoms with Crippen LogP contribution in [0.15, 0.2) is 78.5 Å². The maximum absolute atomic E-state index is 13.9. The van der Waals surface area contributed by atoms with Crippen LogP contribution >= 0.6 is 0 Å². The van der Waals surface area contributed by atoms with Crippen LogP contribution in [0.3, 0.4) is 0 Å². The van der Waals surface area contributed by atoms with Crippen LogP contribution in [0.25, 0.3) is 5.57 Å². The molecule has 1 atom stereocenters. The fraction of sp³-hybridized carbons (Fsp3) is 0.400. The van der Waals surface area contributed by atoms with Crippen molar-refractivity contribution in [1.29, 1.82) is 0 Å². The van der Waals surface area contributed by atoms with Crippen molar-refractivity contribution in [3.63, 3.8) is 0 Å². The SMILES string of the molecule is CCC(CC)(CC)C(=O)N/C=C(\C1=CC(c2ccccc2)N(C(C)(C)C)C1=O)c1ccccc1. The van der Waals surface area contributed by atoms with Crippen LogP contribution in [0.5, 0.6) is 0 Å². The zero-order valence-corrected chi connectivity index (χ0v) is 21.4. The third-order valence-electron chi connectivity index (χ3n) is 7.15. The molecule has 0 radical (unpaired) electrons. The van der Waals surface area contributed by atoms with Gasteiger partial charge in [-0.05, 0) is 57.2 Å². The predicted molar refractivity (Wildman–Crippen MR) is 140 cm³/mol. The lowest BCUT2D eigenvalue weighted by molar-refractivity contribution is -0.132. The Morgan fingerprint density at radius 1 is 0.912 bits per heavy atom. The van der Waals surface area contributed by atoms with E-state index in [1.165, 1.54) is 0 Å². The van der Waals surface area contributed by atoms with E-state index in [9.17, 15) is 9.59 Å². The van der Waals surface area contributed by atoms with Crippen molar-refractivity contribution in [3.8, 4) is 0 Å². The second-order valence-corrected chi connectivity index (χ2v) is 10.0. The molecule has 1 heterocycles.